The summed E-state index contributed by atoms with van der Waals surface area (Å²) in [4.78, 5) is 0. The summed E-state index contributed by atoms with van der Waals surface area (Å²) in [6, 6.07) is 6.05. The van der Waals surface area contributed by atoms with E-state index in [2.05, 4.69) is 32.2 Å². The van der Waals surface area contributed by atoms with Gasteiger partial charge in [0.25, 0.3) is 0 Å². The van der Waals surface area contributed by atoms with Crippen molar-refractivity contribution >= 4 is 11.4 Å². The van der Waals surface area contributed by atoms with Gasteiger partial charge in [0.2, 0.25) is 0 Å². The van der Waals surface area contributed by atoms with Crippen LogP contribution in [0.15, 0.2) is 18.2 Å². The van der Waals surface area contributed by atoms with Gasteiger partial charge in [-0.2, -0.15) is 0 Å². The van der Waals surface area contributed by atoms with Crippen molar-refractivity contribution in [2.75, 3.05) is 11.1 Å². The Morgan fingerprint density at radius 3 is 2.53 bits per heavy atom. The van der Waals surface area contributed by atoms with Gasteiger partial charge in [-0.3, -0.25) is 0 Å². The van der Waals surface area contributed by atoms with E-state index in [9.17, 15) is 0 Å². The number of hydrogen-bond donors (Lipinski definition) is 2. The Balaban J connectivity index is 2.16. The number of nitrogens with two attached hydrogens (primary N) is 1. The average Bonchev–Trinajstić information content (AvgIpc) is 2.92. The molecule has 1 aliphatic carbocycles. The van der Waals surface area contributed by atoms with Crippen LogP contribution in [0.25, 0.3) is 0 Å². The first-order chi connectivity index (χ1) is 6.99. The summed E-state index contributed by atoms with van der Waals surface area (Å²) < 4.78 is 0. The fourth-order valence-electron chi connectivity index (χ4n) is 2.08. The van der Waals surface area contributed by atoms with E-state index in [1.54, 1.807) is 0 Å². The van der Waals surface area contributed by atoms with Crippen molar-refractivity contribution in [3.63, 3.8) is 0 Å². The van der Waals surface area contributed by atoms with E-state index in [0.717, 1.165) is 11.6 Å². The standard InChI is InChI=1S/C13H20N2/c1-9-8-11(14)6-7-12(9)15-13(2,3)10-4-5-10/h6-8,10,15H,4-5,14H2,1-3H3. The van der Waals surface area contributed by atoms with Crippen LogP contribution >= 0.6 is 0 Å². The Morgan fingerprint density at radius 2 is 2.00 bits per heavy atom. The molecule has 82 valence electrons. The zero-order valence-electron chi connectivity index (χ0n) is 9.80. The van der Waals surface area contributed by atoms with E-state index in [1.807, 2.05) is 12.1 Å². The Hall–Kier alpha value is -1.18. The second kappa shape index (κ2) is 3.44. The molecule has 0 saturated heterocycles. The number of aryl methyl sites for hydroxylation is 1. The number of benzene rings is 1. The first-order valence-electron chi connectivity index (χ1n) is 5.63. The van der Waals surface area contributed by atoms with Crippen molar-refractivity contribution in [3.05, 3.63) is 23.8 Å². The highest BCUT2D eigenvalue weighted by atomic mass is 15.0. The van der Waals surface area contributed by atoms with Gasteiger partial charge in [-0.25, -0.2) is 0 Å². The lowest BCUT2D eigenvalue weighted by molar-refractivity contribution is 0.494. The van der Waals surface area contributed by atoms with Crippen LogP contribution in [0.1, 0.15) is 32.3 Å². The van der Waals surface area contributed by atoms with E-state index in [4.69, 9.17) is 5.73 Å². The third-order valence-corrected chi connectivity index (χ3v) is 3.31. The van der Waals surface area contributed by atoms with Crippen molar-refractivity contribution in [2.45, 2.75) is 39.2 Å². The van der Waals surface area contributed by atoms with Gasteiger partial charge in [0.15, 0.2) is 0 Å². The van der Waals surface area contributed by atoms with Crippen molar-refractivity contribution in [1.82, 2.24) is 0 Å². The SMILES string of the molecule is Cc1cc(N)ccc1NC(C)(C)C1CC1. The molecule has 1 saturated carbocycles. The van der Waals surface area contributed by atoms with Crippen LogP contribution in [0.5, 0.6) is 0 Å². The number of nitrogen functional groups attached to an aromatic ring is 1. The molecule has 0 unspecified atom stereocenters. The van der Waals surface area contributed by atoms with Crippen molar-refractivity contribution in [1.29, 1.82) is 0 Å². The minimum Gasteiger partial charge on any atom is -0.399 e. The smallest absolute Gasteiger partial charge is 0.0375 e. The maximum Gasteiger partial charge on any atom is 0.0375 e. The first-order valence-corrected chi connectivity index (χ1v) is 5.63. The van der Waals surface area contributed by atoms with Crippen LogP contribution in [0.2, 0.25) is 0 Å². The lowest BCUT2D eigenvalue weighted by Gasteiger charge is -2.28. The van der Waals surface area contributed by atoms with Gasteiger partial charge in [-0.15, -0.1) is 0 Å². The highest BCUT2D eigenvalue weighted by Gasteiger charge is 2.37. The molecule has 0 heterocycles. The van der Waals surface area contributed by atoms with Crippen LogP contribution in [0, 0.1) is 12.8 Å². The van der Waals surface area contributed by atoms with Crippen LogP contribution in [0.4, 0.5) is 11.4 Å². The molecule has 15 heavy (non-hydrogen) atoms. The average molecular weight is 204 g/mol. The van der Waals surface area contributed by atoms with Gasteiger partial charge in [-0.05, 0) is 63.3 Å². The molecule has 2 rings (SSSR count). The van der Waals surface area contributed by atoms with Crippen molar-refractivity contribution < 1.29 is 0 Å². The molecule has 1 aromatic carbocycles. The highest BCUT2D eigenvalue weighted by Crippen LogP contribution is 2.41. The molecule has 0 aliphatic heterocycles. The molecule has 0 amide bonds. The molecule has 3 N–H and O–H groups in total. The summed E-state index contributed by atoms with van der Waals surface area (Å²) >= 11 is 0. The Morgan fingerprint density at radius 1 is 1.33 bits per heavy atom. The predicted molar refractivity (Wildman–Crippen MR) is 66.0 cm³/mol. The topological polar surface area (TPSA) is 38.0 Å². The number of anilines is 2. The number of rotatable bonds is 3. The molecule has 1 aliphatic rings. The van der Waals surface area contributed by atoms with E-state index in [0.29, 0.717) is 0 Å². The molecule has 0 aromatic heterocycles. The molecule has 0 radical (unpaired) electrons. The van der Waals surface area contributed by atoms with Gasteiger partial charge in [0, 0.05) is 16.9 Å². The first kappa shape index (κ1) is 10.3. The van der Waals surface area contributed by atoms with Crippen LogP contribution < -0.4 is 11.1 Å². The minimum atomic E-state index is 0.209. The summed E-state index contributed by atoms with van der Waals surface area (Å²) in [6.45, 7) is 6.66. The third kappa shape index (κ3) is 2.25. The van der Waals surface area contributed by atoms with E-state index in [-0.39, 0.29) is 5.54 Å². The number of nitrogens with one attached hydrogen (secondary N) is 1. The predicted octanol–water partition coefficient (Wildman–Crippen LogP) is 3.18. The van der Waals surface area contributed by atoms with Gasteiger partial charge >= 0.3 is 0 Å². The van der Waals surface area contributed by atoms with E-state index < -0.39 is 0 Å². The quantitative estimate of drug-likeness (QED) is 0.742. The van der Waals surface area contributed by atoms with Crippen molar-refractivity contribution in [2.24, 2.45) is 5.92 Å². The molecule has 1 aromatic rings. The lowest BCUT2D eigenvalue weighted by Crippen LogP contribution is -2.33. The molecule has 2 nitrogen and oxygen atoms in total. The molecule has 0 spiro atoms. The largest absolute Gasteiger partial charge is 0.399 e. The Kier molecular flexibility index (Phi) is 2.37. The minimum absolute atomic E-state index is 0.209. The van der Waals surface area contributed by atoms with Crippen LogP contribution in [-0.4, -0.2) is 5.54 Å². The summed E-state index contributed by atoms with van der Waals surface area (Å²) in [5.74, 6) is 0.828. The summed E-state index contributed by atoms with van der Waals surface area (Å²) in [5.41, 5.74) is 9.22. The Bertz CT molecular complexity index is 365. The van der Waals surface area contributed by atoms with Crippen LogP contribution in [0.3, 0.4) is 0 Å². The van der Waals surface area contributed by atoms with Crippen molar-refractivity contribution in [3.8, 4) is 0 Å². The zero-order valence-corrected chi connectivity index (χ0v) is 9.80. The molecule has 2 heteroatoms. The summed E-state index contributed by atoms with van der Waals surface area (Å²) in [5, 5.41) is 3.62. The molecular formula is C13H20N2. The maximum atomic E-state index is 5.74. The highest BCUT2D eigenvalue weighted by molar-refractivity contribution is 5.58. The second-order valence-corrected chi connectivity index (χ2v) is 5.20. The number of hydrogen-bond acceptors (Lipinski definition) is 2. The van der Waals surface area contributed by atoms with Gasteiger partial charge in [-0.1, -0.05) is 0 Å². The van der Waals surface area contributed by atoms with Gasteiger partial charge in [0.05, 0.1) is 0 Å². The molecule has 0 bridgehead atoms. The van der Waals surface area contributed by atoms with Crippen LogP contribution in [-0.2, 0) is 0 Å². The van der Waals surface area contributed by atoms with Gasteiger partial charge < -0.3 is 11.1 Å². The summed E-state index contributed by atoms with van der Waals surface area (Å²) in [7, 11) is 0. The molecule has 1 fully saturated rings. The monoisotopic (exact) mass is 204 g/mol. The molecular weight excluding hydrogens is 184 g/mol. The van der Waals surface area contributed by atoms with E-state index >= 15 is 0 Å². The summed E-state index contributed by atoms with van der Waals surface area (Å²) in [6.07, 6.45) is 2.71. The van der Waals surface area contributed by atoms with Gasteiger partial charge in [0.1, 0.15) is 0 Å². The molecule has 0 atom stereocenters. The third-order valence-electron chi connectivity index (χ3n) is 3.31. The fourth-order valence-corrected chi connectivity index (χ4v) is 2.08. The zero-order chi connectivity index (χ0) is 11.1. The fraction of sp³-hybridized carbons (Fsp3) is 0.538. The normalized spacial score (nSPS) is 16.5. The second-order valence-electron chi connectivity index (χ2n) is 5.20. The van der Waals surface area contributed by atoms with E-state index in [1.165, 1.54) is 24.1 Å². The lowest BCUT2D eigenvalue weighted by atomic mass is 9.97. The Labute approximate surface area is 91.9 Å². The maximum absolute atomic E-state index is 5.74.